The molecule has 0 unspecified atom stereocenters. The number of benzene rings is 2. The van der Waals surface area contributed by atoms with E-state index >= 15 is 0 Å². The van der Waals surface area contributed by atoms with Gasteiger partial charge in [-0.3, -0.25) is 4.79 Å². The maximum absolute atomic E-state index is 12.5. The molecule has 1 aromatic heterocycles. The molecule has 0 bridgehead atoms. The Hall–Kier alpha value is -3.28. The van der Waals surface area contributed by atoms with Crippen LogP contribution in [0.3, 0.4) is 0 Å². The van der Waals surface area contributed by atoms with Gasteiger partial charge in [-0.25, -0.2) is 4.79 Å². The number of amides is 1. The maximum atomic E-state index is 12.5. The predicted octanol–water partition coefficient (Wildman–Crippen LogP) is 3.12. The predicted molar refractivity (Wildman–Crippen MR) is 101 cm³/mol. The van der Waals surface area contributed by atoms with Crippen LogP contribution >= 0.6 is 0 Å². The summed E-state index contributed by atoms with van der Waals surface area (Å²) in [7, 11) is 1.57. The van der Waals surface area contributed by atoms with Crippen molar-refractivity contribution in [2.45, 2.75) is 25.4 Å². The zero-order chi connectivity index (χ0) is 19.1. The summed E-state index contributed by atoms with van der Waals surface area (Å²) in [4.78, 5) is 29.4. The molecule has 2 atom stereocenters. The van der Waals surface area contributed by atoms with Gasteiger partial charge < -0.3 is 19.7 Å². The third-order valence-electron chi connectivity index (χ3n) is 5.21. The lowest BCUT2D eigenvalue weighted by atomic mass is 9.87. The fourth-order valence-electron chi connectivity index (χ4n) is 4.09. The van der Waals surface area contributed by atoms with Crippen molar-refractivity contribution in [2.75, 3.05) is 7.11 Å². The lowest BCUT2D eigenvalue weighted by molar-refractivity contribution is -0.151. The normalized spacial score (nSPS) is 19.0. The topological polar surface area (TPSA) is 82.6 Å². The molecular formula is C21H20N2O4. The van der Waals surface area contributed by atoms with Crippen LogP contribution in [-0.2, 0) is 16.0 Å². The number of aromatic amines is 1. The van der Waals surface area contributed by atoms with E-state index in [0.717, 1.165) is 27.7 Å². The molecule has 6 heteroatoms. The van der Waals surface area contributed by atoms with E-state index in [1.54, 1.807) is 7.11 Å². The summed E-state index contributed by atoms with van der Waals surface area (Å²) in [6, 6.07) is 13.7. The van der Waals surface area contributed by atoms with Crippen LogP contribution in [0.2, 0.25) is 0 Å². The maximum Gasteiger partial charge on any atom is 0.326 e. The van der Waals surface area contributed by atoms with Crippen molar-refractivity contribution in [1.82, 2.24) is 9.88 Å². The quantitative estimate of drug-likeness (QED) is 0.748. The Balaban J connectivity index is 2.03. The number of carboxylic acids is 1. The summed E-state index contributed by atoms with van der Waals surface area (Å²) in [5.74, 6) is -0.687. The van der Waals surface area contributed by atoms with Crippen LogP contribution < -0.4 is 4.74 Å². The third kappa shape index (κ3) is 2.65. The molecule has 2 heterocycles. The van der Waals surface area contributed by atoms with Crippen LogP contribution in [-0.4, -0.2) is 40.0 Å². The highest BCUT2D eigenvalue weighted by atomic mass is 16.5. The highest BCUT2D eigenvalue weighted by molar-refractivity contribution is 5.90. The van der Waals surface area contributed by atoms with E-state index in [9.17, 15) is 14.7 Å². The van der Waals surface area contributed by atoms with Gasteiger partial charge in [-0.15, -0.1) is 0 Å². The van der Waals surface area contributed by atoms with Crippen molar-refractivity contribution >= 4 is 22.8 Å². The van der Waals surface area contributed by atoms with E-state index in [1.165, 1.54) is 11.8 Å². The van der Waals surface area contributed by atoms with E-state index in [2.05, 4.69) is 4.98 Å². The molecule has 0 saturated heterocycles. The molecule has 138 valence electrons. The van der Waals surface area contributed by atoms with Crippen LogP contribution in [0.4, 0.5) is 0 Å². The summed E-state index contributed by atoms with van der Waals surface area (Å²) in [5.41, 5.74) is 3.46. The van der Waals surface area contributed by atoms with Gasteiger partial charge in [0.1, 0.15) is 17.8 Å². The third-order valence-corrected chi connectivity index (χ3v) is 5.21. The monoisotopic (exact) mass is 364 g/mol. The van der Waals surface area contributed by atoms with Crippen molar-refractivity contribution in [3.05, 3.63) is 65.4 Å². The van der Waals surface area contributed by atoms with Gasteiger partial charge in [-0.1, -0.05) is 36.4 Å². The molecule has 3 aromatic rings. The SMILES string of the molecule is COc1ccccc1[C@H]1c2[nH]c3ccccc3c2C[C@H](C(=O)O)N1C(C)=O. The van der Waals surface area contributed by atoms with E-state index in [-0.39, 0.29) is 12.3 Å². The fourth-order valence-corrected chi connectivity index (χ4v) is 4.09. The first-order valence-electron chi connectivity index (χ1n) is 8.77. The van der Waals surface area contributed by atoms with Crippen LogP contribution in [0.15, 0.2) is 48.5 Å². The smallest absolute Gasteiger partial charge is 0.326 e. The number of para-hydroxylation sites is 2. The molecule has 0 fully saturated rings. The number of aromatic nitrogens is 1. The Kier molecular flexibility index (Phi) is 4.11. The molecule has 1 aliphatic heterocycles. The van der Waals surface area contributed by atoms with Gasteiger partial charge in [0.15, 0.2) is 0 Å². The second kappa shape index (κ2) is 6.46. The zero-order valence-corrected chi connectivity index (χ0v) is 15.1. The molecule has 2 aromatic carbocycles. The molecule has 27 heavy (non-hydrogen) atoms. The summed E-state index contributed by atoms with van der Waals surface area (Å²) < 4.78 is 5.51. The van der Waals surface area contributed by atoms with Gasteiger partial charge in [-0.05, 0) is 17.7 Å². The second-order valence-electron chi connectivity index (χ2n) is 6.69. The first kappa shape index (κ1) is 17.1. The number of ether oxygens (including phenoxy) is 1. The minimum absolute atomic E-state index is 0.264. The summed E-state index contributed by atoms with van der Waals surface area (Å²) in [5, 5.41) is 10.8. The van der Waals surface area contributed by atoms with Crippen LogP contribution in [0.1, 0.15) is 29.8 Å². The summed E-state index contributed by atoms with van der Waals surface area (Å²) in [6.45, 7) is 1.41. The lowest BCUT2D eigenvalue weighted by Gasteiger charge is -2.40. The number of nitrogens with one attached hydrogen (secondary N) is 1. The minimum Gasteiger partial charge on any atom is -0.496 e. The Morgan fingerprint density at radius 1 is 1.15 bits per heavy atom. The number of H-pyrrole nitrogens is 1. The number of nitrogens with zero attached hydrogens (tertiary/aromatic N) is 1. The van der Waals surface area contributed by atoms with Crippen molar-refractivity contribution in [1.29, 1.82) is 0 Å². The molecular weight excluding hydrogens is 344 g/mol. The molecule has 6 nitrogen and oxygen atoms in total. The number of carbonyl (C=O) groups is 2. The van der Waals surface area contributed by atoms with Crippen molar-refractivity contribution < 1.29 is 19.4 Å². The van der Waals surface area contributed by atoms with Gasteiger partial charge in [0, 0.05) is 35.5 Å². The average Bonchev–Trinajstić information content (AvgIpc) is 3.04. The molecule has 0 saturated carbocycles. The van der Waals surface area contributed by atoms with Crippen molar-refractivity contribution in [2.24, 2.45) is 0 Å². The van der Waals surface area contributed by atoms with E-state index < -0.39 is 18.1 Å². The summed E-state index contributed by atoms with van der Waals surface area (Å²) >= 11 is 0. The van der Waals surface area contributed by atoms with Crippen LogP contribution in [0, 0.1) is 0 Å². The summed E-state index contributed by atoms with van der Waals surface area (Å²) in [6.07, 6.45) is 0.264. The molecule has 2 N–H and O–H groups in total. The van der Waals surface area contributed by atoms with E-state index in [1.807, 2.05) is 48.5 Å². The Morgan fingerprint density at radius 2 is 1.85 bits per heavy atom. The number of hydrogen-bond acceptors (Lipinski definition) is 3. The molecule has 1 amide bonds. The number of methoxy groups -OCH3 is 1. The number of hydrogen-bond donors (Lipinski definition) is 2. The number of fused-ring (bicyclic) bond motifs is 3. The molecule has 1 aliphatic rings. The van der Waals surface area contributed by atoms with Crippen molar-refractivity contribution in [3.8, 4) is 5.75 Å². The van der Waals surface area contributed by atoms with Gasteiger partial charge in [-0.2, -0.15) is 0 Å². The van der Waals surface area contributed by atoms with Crippen LogP contribution in [0.25, 0.3) is 10.9 Å². The number of carbonyl (C=O) groups excluding carboxylic acids is 1. The molecule has 0 radical (unpaired) electrons. The van der Waals surface area contributed by atoms with E-state index in [4.69, 9.17) is 4.74 Å². The molecule has 0 spiro atoms. The number of aliphatic carboxylic acids is 1. The van der Waals surface area contributed by atoms with E-state index in [0.29, 0.717) is 5.75 Å². The van der Waals surface area contributed by atoms with Crippen molar-refractivity contribution in [3.63, 3.8) is 0 Å². The van der Waals surface area contributed by atoms with Gasteiger partial charge in [0.25, 0.3) is 0 Å². The molecule has 0 aliphatic carbocycles. The number of carboxylic acid groups (broad SMARTS) is 1. The highest BCUT2D eigenvalue weighted by Crippen LogP contribution is 2.43. The Labute approximate surface area is 156 Å². The van der Waals surface area contributed by atoms with Gasteiger partial charge >= 0.3 is 5.97 Å². The van der Waals surface area contributed by atoms with Gasteiger partial charge in [0.2, 0.25) is 5.91 Å². The fraction of sp³-hybridized carbons (Fsp3) is 0.238. The Morgan fingerprint density at radius 3 is 2.56 bits per heavy atom. The largest absolute Gasteiger partial charge is 0.496 e. The molecule has 4 rings (SSSR count). The average molecular weight is 364 g/mol. The minimum atomic E-state index is -1.01. The van der Waals surface area contributed by atoms with Gasteiger partial charge in [0.05, 0.1) is 7.11 Å². The second-order valence-corrected chi connectivity index (χ2v) is 6.69. The lowest BCUT2D eigenvalue weighted by Crippen LogP contribution is -2.50. The van der Waals surface area contributed by atoms with Crippen LogP contribution in [0.5, 0.6) is 5.75 Å². The first-order valence-corrected chi connectivity index (χ1v) is 8.77. The first-order chi connectivity index (χ1) is 13.0. The standard InChI is InChI=1S/C21H20N2O4/c1-12(24)23-17(21(25)26)11-15-13-7-3-5-9-16(13)22-19(15)20(23)14-8-4-6-10-18(14)27-2/h3-10,17,20,22H,11H2,1-2H3,(H,25,26)/t17-,20+/m1/s1. The number of rotatable bonds is 3. The zero-order valence-electron chi connectivity index (χ0n) is 15.1. The Bertz CT molecular complexity index is 1040. The highest BCUT2D eigenvalue weighted by Gasteiger charge is 2.43.